The van der Waals surface area contributed by atoms with Crippen molar-refractivity contribution in [3.05, 3.63) is 42.0 Å². The summed E-state index contributed by atoms with van der Waals surface area (Å²) in [5.74, 6) is 2.52. The van der Waals surface area contributed by atoms with Crippen molar-refractivity contribution in [1.82, 2.24) is 5.32 Å². The molecule has 0 aliphatic carbocycles. The molecule has 0 aromatic heterocycles. The van der Waals surface area contributed by atoms with E-state index in [0.717, 1.165) is 5.56 Å². The van der Waals surface area contributed by atoms with Crippen molar-refractivity contribution in [2.24, 2.45) is 0 Å². The number of hydrogen-bond donors (Lipinski definition) is 2. The lowest BCUT2D eigenvalue weighted by Crippen LogP contribution is -2.30. The lowest BCUT2D eigenvalue weighted by molar-refractivity contribution is 0.241. The van der Waals surface area contributed by atoms with Crippen LogP contribution in [0.1, 0.15) is 19.4 Å². The number of ether oxygens (including phenoxy) is 4. The molecular weight excluding hydrogens is 360 g/mol. The highest BCUT2D eigenvalue weighted by Gasteiger charge is 2.13. The molecule has 0 radical (unpaired) electrons. The second-order valence-electron chi connectivity index (χ2n) is 6.31. The van der Waals surface area contributed by atoms with E-state index in [9.17, 15) is 4.79 Å². The number of carbonyl (C=O) groups is 1. The highest BCUT2D eigenvalue weighted by molar-refractivity contribution is 5.90. The maximum atomic E-state index is 12.3. The predicted molar refractivity (Wildman–Crippen MR) is 109 cm³/mol. The van der Waals surface area contributed by atoms with E-state index in [-0.39, 0.29) is 12.1 Å². The van der Waals surface area contributed by atoms with E-state index in [0.29, 0.717) is 41.7 Å². The monoisotopic (exact) mass is 388 g/mol. The molecule has 2 amide bonds. The van der Waals surface area contributed by atoms with Crippen LogP contribution in [0.3, 0.4) is 0 Å². The summed E-state index contributed by atoms with van der Waals surface area (Å²) in [5.41, 5.74) is 1.53. The summed E-state index contributed by atoms with van der Waals surface area (Å²) in [6.07, 6.45) is 0.588. The minimum Gasteiger partial charge on any atom is -0.496 e. The first-order valence-electron chi connectivity index (χ1n) is 9.07. The number of anilines is 1. The summed E-state index contributed by atoms with van der Waals surface area (Å²) in [4.78, 5) is 12.3. The second-order valence-corrected chi connectivity index (χ2v) is 6.31. The van der Waals surface area contributed by atoms with Crippen molar-refractivity contribution in [3.63, 3.8) is 0 Å². The largest absolute Gasteiger partial charge is 0.496 e. The molecular formula is C21H28N2O5. The Kier molecular flexibility index (Phi) is 7.80. The van der Waals surface area contributed by atoms with Crippen molar-refractivity contribution >= 4 is 11.7 Å². The third-order valence-electron chi connectivity index (χ3n) is 3.96. The zero-order valence-electron chi connectivity index (χ0n) is 17.0. The number of urea groups is 1. The van der Waals surface area contributed by atoms with Crippen LogP contribution in [0, 0.1) is 0 Å². The van der Waals surface area contributed by atoms with Crippen LogP contribution in [0.25, 0.3) is 0 Å². The highest BCUT2D eigenvalue weighted by Crippen LogP contribution is 2.34. The van der Waals surface area contributed by atoms with Gasteiger partial charge in [0.15, 0.2) is 11.5 Å². The van der Waals surface area contributed by atoms with E-state index in [1.54, 1.807) is 33.5 Å². The topological polar surface area (TPSA) is 78.0 Å². The van der Waals surface area contributed by atoms with Crippen LogP contribution in [0.2, 0.25) is 0 Å². The van der Waals surface area contributed by atoms with E-state index >= 15 is 0 Å². The van der Waals surface area contributed by atoms with Gasteiger partial charge in [-0.1, -0.05) is 12.1 Å². The molecule has 0 fully saturated rings. The van der Waals surface area contributed by atoms with Gasteiger partial charge in [0.1, 0.15) is 11.5 Å². The number of hydrogen-bond acceptors (Lipinski definition) is 5. The number of benzene rings is 2. The summed E-state index contributed by atoms with van der Waals surface area (Å²) < 4.78 is 21.7. The van der Waals surface area contributed by atoms with Crippen molar-refractivity contribution in [2.75, 3.05) is 33.2 Å². The molecule has 2 N–H and O–H groups in total. The minimum absolute atomic E-state index is 0.0172. The van der Waals surface area contributed by atoms with Gasteiger partial charge in [0, 0.05) is 12.6 Å². The van der Waals surface area contributed by atoms with Gasteiger partial charge < -0.3 is 29.6 Å². The predicted octanol–water partition coefficient (Wildman–Crippen LogP) is 3.86. The molecule has 28 heavy (non-hydrogen) atoms. The Hall–Kier alpha value is -3.09. The van der Waals surface area contributed by atoms with Crippen LogP contribution in [0.5, 0.6) is 23.0 Å². The Morgan fingerprint density at radius 3 is 2.21 bits per heavy atom. The fourth-order valence-corrected chi connectivity index (χ4v) is 2.69. The van der Waals surface area contributed by atoms with Crippen LogP contribution in [0.15, 0.2) is 36.4 Å². The third-order valence-corrected chi connectivity index (χ3v) is 3.96. The van der Waals surface area contributed by atoms with Gasteiger partial charge in [-0.2, -0.15) is 0 Å². The van der Waals surface area contributed by atoms with Crippen LogP contribution in [0.4, 0.5) is 10.5 Å². The first-order valence-corrected chi connectivity index (χ1v) is 9.07. The van der Waals surface area contributed by atoms with Gasteiger partial charge in [0.25, 0.3) is 0 Å². The average molecular weight is 388 g/mol. The molecule has 0 aliphatic heterocycles. The second kappa shape index (κ2) is 10.3. The lowest BCUT2D eigenvalue weighted by atomic mass is 10.1. The van der Waals surface area contributed by atoms with Gasteiger partial charge in [0.05, 0.1) is 33.1 Å². The maximum Gasteiger partial charge on any atom is 0.319 e. The Bertz CT molecular complexity index is 792. The third kappa shape index (κ3) is 5.70. The van der Waals surface area contributed by atoms with Crippen molar-refractivity contribution < 1.29 is 23.7 Å². The van der Waals surface area contributed by atoms with E-state index in [1.165, 1.54) is 0 Å². The van der Waals surface area contributed by atoms with Crippen LogP contribution >= 0.6 is 0 Å². The quantitative estimate of drug-likeness (QED) is 0.682. The normalized spacial score (nSPS) is 10.4. The molecule has 7 nitrogen and oxygen atoms in total. The van der Waals surface area contributed by atoms with Gasteiger partial charge in [-0.3, -0.25) is 0 Å². The number of carbonyl (C=O) groups excluding carboxylic acids is 1. The highest BCUT2D eigenvalue weighted by atomic mass is 16.5. The molecule has 2 aromatic rings. The Morgan fingerprint density at radius 1 is 0.929 bits per heavy atom. The summed E-state index contributed by atoms with van der Waals surface area (Å²) in [7, 11) is 4.75. The molecule has 0 saturated carbocycles. The van der Waals surface area contributed by atoms with E-state index in [4.69, 9.17) is 18.9 Å². The maximum absolute atomic E-state index is 12.3. The van der Waals surface area contributed by atoms with Gasteiger partial charge in [0.2, 0.25) is 0 Å². The van der Waals surface area contributed by atoms with Crippen LogP contribution in [-0.4, -0.2) is 40.0 Å². The smallest absolute Gasteiger partial charge is 0.319 e. The van der Waals surface area contributed by atoms with Crippen LogP contribution in [-0.2, 0) is 6.42 Å². The summed E-state index contributed by atoms with van der Waals surface area (Å²) in [6, 6.07) is 10.6. The molecule has 0 saturated heterocycles. The molecule has 0 spiro atoms. The van der Waals surface area contributed by atoms with E-state index in [2.05, 4.69) is 10.6 Å². The number of rotatable bonds is 9. The zero-order valence-corrected chi connectivity index (χ0v) is 17.0. The number of nitrogens with one attached hydrogen (secondary N) is 2. The SMILES string of the molecule is COc1cc(OC)c(OC)cc1CCNC(=O)Nc1ccccc1OC(C)C. The number of amides is 2. The molecule has 7 heteroatoms. The van der Waals surface area contributed by atoms with Crippen molar-refractivity contribution in [1.29, 1.82) is 0 Å². The molecule has 0 bridgehead atoms. The number of methoxy groups -OCH3 is 3. The first-order chi connectivity index (χ1) is 13.5. The molecule has 152 valence electrons. The Morgan fingerprint density at radius 2 is 1.57 bits per heavy atom. The molecule has 2 rings (SSSR count). The van der Waals surface area contributed by atoms with Gasteiger partial charge >= 0.3 is 6.03 Å². The molecule has 0 atom stereocenters. The van der Waals surface area contributed by atoms with Gasteiger partial charge in [-0.25, -0.2) is 4.79 Å². The Labute approximate surface area is 165 Å². The first kappa shape index (κ1) is 21.2. The molecule has 2 aromatic carbocycles. The molecule has 0 unspecified atom stereocenters. The van der Waals surface area contributed by atoms with Crippen molar-refractivity contribution in [3.8, 4) is 23.0 Å². The summed E-state index contributed by atoms with van der Waals surface area (Å²) >= 11 is 0. The Balaban J connectivity index is 1.98. The fraction of sp³-hybridized carbons (Fsp3) is 0.381. The standard InChI is InChI=1S/C21H28N2O5/c1-14(2)28-17-9-7-6-8-16(17)23-21(24)22-11-10-15-12-19(26-4)20(27-5)13-18(15)25-3/h6-9,12-14H,10-11H2,1-5H3,(H2,22,23,24). The van der Waals surface area contributed by atoms with Crippen molar-refractivity contribution in [2.45, 2.75) is 26.4 Å². The molecule has 0 aliphatic rings. The van der Waals surface area contributed by atoms with Gasteiger partial charge in [-0.15, -0.1) is 0 Å². The minimum atomic E-state index is -0.306. The van der Waals surface area contributed by atoms with E-state index in [1.807, 2.05) is 38.1 Å². The summed E-state index contributed by atoms with van der Waals surface area (Å²) in [5, 5.41) is 5.66. The lowest BCUT2D eigenvalue weighted by Gasteiger charge is -2.16. The zero-order chi connectivity index (χ0) is 20.5. The summed E-state index contributed by atoms with van der Waals surface area (Å²) in [6.45, 7) is 4.30. The van der Waals surface area contributed by atoms with Gasteiger partial charge in [-0.05, 0) is 44.0 Å². The van der Waals surface area contributed by atoms with Crippen LogP contribution < -0.4 is 29.6 Å². The van der Waals surface area contributed by atoms with E-state index < -0.39 is 0 Å². The fourth-order valence-electron chi connectivity index (χ4n) is 2.69. The molecule has 0 heterocycles. The average Bonchev–Trinajstić information content (AvgIpc) is 2.68. The number of para-hydroxylation sites is 2.